The zero-order chi connectivity index (χ0) is 14.5. The van der Waals surface area contributed by atoms with E-state index >= 15 is 0 Å². The third-order valence-electron chi connectivity index (χ3n) is 2.76. The van der Waals surface area contributed by atoms with Crippen LogP contribution in [-0.4, -0.2) is 32.3 Å². The summed E-state index contributed by atoms with van der Waals surface area (Å²) in [5, 5.41) is 18.1. The van der Waals surface area contributed by atoms with Crippen LogP contribution in [0.4, 0.5) is 11.9 Å². The molecule has 0 unspecified atom stereocenters. The van der Waals surface area contributed by atoms with Gasteiger partial charge >= 0.3 is 5.97 Å². The van der Waals surface area contributed by atoms with Gasteiger partial charge in [-0.25, -0.2) is 5.10 Å². The summed E-state index contributed by atoms with van der Waals surface area (Å²) in [5.41, 5.74) is 12.8. The first kappa shape index (κ1) is 13.8. The zero-order valence-corrected chi connectivity index (χ0v) is 10.7. The Bertz CT molecular complexity index is 580. The van der Waals surface area contributed by atoms with E-state index in [4.69, 9.17) is 16.6 Å². The van der Waals surface area contributed by atoms with E-state index in [0.29, 0.717) is 18.9 Å². The van der Waals surface area contributed by atoms with Gasteiger partial charge in [-0.2, -0.15) is 4.98 Å². The van der Waals surface area contributed by atoms with Gasteiger partial charge in [0.2, 0.25) is 11.9 Å². The summed E-state index contributed by atoms with van der Waals surface area (Å²) in [6.45, 7) is 0.555. The van der Waals surface area contributed by atoms with Gasteiger partial charge in [-0.05, 0) is 17.5 Å². The van der Waals surface area contributed by atoms with Crippen LogP contribution in [0.3, 0.4) is 0 Å². The predicted molar refractivity (Wildman–Crippen MR) is 73.9 cm³/mol. The summed E-state index contributed by atoms with van der Waals surface area (Å²) in [6.07, 6.45) is 0.307. The Morgan fingerprint density at radius 1 is 1.35 bits per heavy atom. The van der Waals surface area contributed by atoms with Gasteiger partial charge in [-0.15, -0.1) is 5.10 Å². The maximum atomic E-state index is 10.7. The molecular weight excluding hydrogens is 260 g/mol. The Morgan fingerprint density at radius 3 is 2.55 bits per heavy atom. The summed E-state index contributed by atoms with van der Waals surface area (Å²) in [5.74, 6) is -0.316. The molecule has 0 amide bonds. The Kier molecular flexibility index (Phi) is 4.16. The number of H-pyrrole nitrogens is 1. The number of nitrogens with zero attached hydrogens (tertiary/aromatic N) is 2. The Balaban J connectivity index is 1.89. The highest BCUT2D eigenvalue weighted by Crippen LogP contribution is 2.08. The molecule has 2 aromatic rings. The zero-order valence-electron chi connectivity index (χ0n) is 10.7. The van der Waals surface area contributed by atoms with Crippen molar-refractivity contribution in [3.63, 3.8) is 0 Å². The highest BCUT2D eigenvalue weighted by Gasteiger charge is 2.11. The van der Waals surface area contributed by atoms with Crippen molar-refractivity contribution >= 4 is 17.9 Å². The molecule has 0 aliphatic rings. The molecule has 1 heterocycles. The first-order valence-electron chi connectivity index (χ1n) is 6.02. The molecule has 1 aromatic heterocycles. The van der Waals surface area contributed by atoms with Crippen LogP contribution in [0.1, 0.15) is 11.1 Å². The molecule has 8 nitrogen and oxygen atoms in total. The largest absolute Gasteiger partial charge is 0.480 e. The highest BCUT2D eigenvalue weighted by molar-refractivity contribution is 5.73. The first-order chi connectivity index (χ1) is 9.54. The molecule has 0 saturated heterocycles. The third kappa shape index (κ3) is 3.69. The van der Waals surface area contributed by atoms with Crippen LogP contribution in [-0.2, 0) is 17.8 Å². The van der Waals surface area contributed by atoms with Gasteiger partial charge in [0.05, 0.1) is 0 Å². The Hall–Kier alpha value is -2.61. The average Bonchev–Trinajstić information content (AvgIpc) is 2.83. The quantitative estimate of drug-likeness (QED) is 0.497. The van der Waals surface area contributed by atoms with Crippen LogP contribution in [0.25, 0.3) is 0 Å². The lowest BCUT2D eigenvalue weighted by atomic mass is 10.0. The fourth-order valence-corrected chi connectivity index (χ4v) is 1.67. The van der Waals surface area contributed by atoms with E-state index in [1.54, 1.807) is 0 Å². The Labute approximate surface area is 115 Å². The van der Waals surface area contributed by atoms with Gasteiger partial charge in [0.25, 0.3) is 0 Å². The third-order valence-corrected chi connectivity index (χ3v) is 2.76. The summed E-state index contributed by atoms with van der Waals surface area (Å²) in [7, 11) is 0. The van der Waals surface area contributed by atoms with Crippen LogP contribution in [0.5, 0.6) is 0 Å². The predicted octanol–water partition coefficient (Wildman–Crippen LogP) is -0.0466. The molecule has 0 fully saturated rings. The van der Waals surface area contributed by atoms with Crippen molar-refractivity contribution in [1.82, 2.24) is 15.2 Å². The molecule has 0 aliphatic heterocycles. The van der Waals surface area contributed by atoms with E-state index in [1.807, 2.05) is 24.3 Å². The molecule has 106 valence electrons. The number of hydrogen-bond donors (Lipinski definition) is 5. The van der Waals surface area contributed by atoms with Gasteiger partial charge in [-0.1, -0.05) is 24.3 Å². The lowest BCUT2D eigenvalue weighted by Crippen LogP contribution is -2.32. The lowest BCUT2D eigenvalue weighted by Gasteiger charge is -2.07. The number of anilines is 2. The second kappa shape index (κ2) is 6.02. The minimum atomic E-state index is -1.00. The summed E-state index contributed by atoms with van der Waals surface area (Å²) >= 11 is 0. The fourth-order valence-electron chi connectivity index (χ4n) is 1.67. The molecule has 1 atom stereocenters. The molecule has 0 spiro atoms. The summed E-state index contributed by atoms with van der Waals surface area (Å²) in [6, 6.07) is 6.63. The highest BCUT2D eigenvalue weighted by atomic mass is 16.4. The normalized spacial score (nSPS) is 12.1. The van der Waals surface area contributed by atoms with Gasteiger partial charge in [0.1, 0.15) is 6.04 Å². The number of carboxylic acid groups (broad SMARTS) is 1. The molecule has 2 rings (SSSR count). The average molecular weight is 276 g/mol. The van der Waals surface area contributed by atoms with Crippen molar-refractivity contribution in [3.8, 4) is 0 Å². The summed E-state index contributed by atoms with van der Waals surface area (Å²) < 4.78 is 0. The second-order valence-corrected chi connectivity index (χ2v) is 4.36. The van der Waals surface area contributed by atoms with E-state index in [0.717, 1.165) is 11.1 Å². The standard InChI is InChI=1S/C12H16N6O2/c13-9(10(19)20)5-7-1-3-8(4-2-7)6-15-12-16-11(14)17-18-12/h1-4,9H,5-6,13H2,(H,19,20)(H4,14,15,16,17,18)/t9-/m0/s1. The van der Waals surface area contributed by atoms with Gasteiger partial charge < -0.3 is 21.9 Å². The number of carboxylic acids is 1. The van der Waals surface area contributed by atoms with E-state index < -0.39 is 12.0 Å². The maximum absolute atomic E-state index is 10.7. The van der Waals surface area contributed by atoms with Crippen molar-refractivity contribution < 1.29 is 9.90 Å². The number of nitrogens with one attached hydrogen (secondary N) is 2. The van der Waals surface area contributed by atoms with Crippen molar-refractivity contribution in [1.29, 1.82) is 0 Å². The number of aliphatic carboxylic acids is 1. The number of carbonyl (C=O) groups is 1. The Morgan fingerprint density at radius 2 is 2.00 bits per heavy atom. The number of nitrogens with two attached hydrogens (primary N) is 2. The van der Waals surface area contributed by atoms with Crippen LogP contribution in [0, 0.1) is 0 Å². The van der Waals surface area contributed by atoms with Crippen LogP contribution < -0.4 is 16.8 Å². The van der Waals surface area contributed by atoms with E-state index in [9.17, 15) is 4.79 Å². The van der Waals surface area contributed by atoms with Gasteiger partial charge in [-0.3, -0.25) is 4.79 Å². The van der Waals surface area contributed by atoms with Crippen molar-refractivity contribution in [3.05, 3.63) is 35.4 Å². The number of aromatic amines is 1. The van der Waals surface area contributed by atoms with Crippen molar-refractivity contribution in [2.24, 2.45) is 5.73 Å². The molecule has 8 heteroatoms. The molecule has 20 heavy (non-hydrogen) atoms. The number of rotatable bonds is 6. The SMILES string of the molecule is Nc1n[nH]c(NCc2ccc(C[C@H](N)C(=O)O)cc2)n1. The van der Waals surface area contributed by atoms with Crippen LogP contribution in [0.2, 0.25) is 0 Å². The van der Waals surface area contributed by atoms with Gasteiger partial charge in [0, 0.05) is 6.54 Å². The summed E-state index contributed by atoms with van der Waals surface area (Å²) in [4.78, 5) is 14.6. The monoisotopic (exact) mass is 276 g/mol. The number of aromatic nitrogens is 3. The number of hydrogen-bond acceptors (Lipinski definition) is 6. The van der Waals surface area contributed by atoms with E-state index in [-0.39, 0.29) is 5.95 Å². The molecular formula is C12H16N6O2. The van der Waals surface area contributed by atoms with Crippen molar-refractivity contribution in [2.75, 3.05) is 11.1 Å². The minimum absolute atomic E-state index is 0.186. The van der Waals surface area contributed by atoms with Gasteiger partial charge in [0.15, 0.2) is 0 Å². The first-order valence-corrected chi connectivity index (χ1v) is 6.02. The molecule has 0 saturated carbocycles. The molecule has 1 aromatic carbocycles. The second-order valence-electron chi connectivity index (χ2n) is 4.36. The maximum Gasteiger partial charge on any atom is 0.320 e. The molecule has 0 radical (unpaired) electrons. The smallest absolute Gasteiger partial charge is 0.320 e. The fraction of sp³-hybridized carbons (Fsp3) is 0.250. The van der Waals surface area contributed by atoms with Crippen LogP contribution in [0.15, 0.2) is 24.3 Å². The molecule has 0 aliphatic carbocycles. The number of benzene rings is 1. The number of nitrogen functional groups attached to an aromatic ring is 1. The van der Waals surface area contributed by atoms with E-state index in [2.05, 4.69) is 20.5 Å². The van der Waals surface area contributed by atoms with E-state index in [1.165, 1.54) is 0 Å². The molecule has 7 N–H and O–H groups in total. The van der Waals surface area contributed by atoms with Crippen LogP contribution >= 0.6 is 0 Å². The topological polar surface area (TPSA) is 143 Å². The lowest BCUT2D eigenvalue weighted by molar-refractivity contribution is -0.138. The molecule has 0 bridgehead atoms. The minimum Gasteiger partial charge on any atom is -0.480 e. The van der Waals surface area contributed by atoms with Crippen molar-refractivity contribution in [2.45, 2.75) is 19.0 Å².